The van der Waals surface area contributed by atoms with Crippen LogP contribution in [0.2, 0.25) is 0 Å². The largest absolute Gasteiger partial charge is 0.372 e. The van der Waals surface area contributed by atoms with Crippen molar-refractivity contribution in [3.8, 4) is 10.6 Å². The third kappa shape index (κ3) is 4.10. The fraction of sp³-hybridized carbons (Fsp3) is 0.471. The molecule has 0 aliphatic carbocycles. The average Bonchev–Trinajstić information content (AvgIpc) is 3.09. The molecule has 1 aromatic heterocycles. The number of rotatable bonds is 4. The van der Waals surface area contributed by atoms with Crippen molar-refractivity contribution in [1.29, 1.82) is 0 Å². The summed E-state index contributed by atoms with van der Waals surface area (Å²) < 4.78 is 5.79. The minimum absolute atomic E-state index is 0.0694. The van der Waals surface area contributed by atoms with Crippen molar-refractivity contribution in [2.75, 3.05) is 13.1 Å². The lowest BCUT2D eigenvalue weighted by molar-refractivity contribution is -0.0646. The molecule has 1 saturated heterocycles. The zero-order valence-corrected chi connectivity index (χ0v) is 14.8. The molecule has 2 atom stereocenters. The summed E-state index contributed by atoms with van der Waals surface area (Å²) in [7, 11) is 0. The Balaban J connectivity index is 1.56. The zero-order valence-electron chi connectivity index (χ0n) is 13.9. The van der Waals surface area contributed by atoms with E-state index >= 15 is 0 Å². The number of carbonyl (C=O) groups excluding carboxylic acids is 1. The van der Waals surface area contributed by atoms with E-state index in [1.807, 2.05) is 42.2 Å². The van der Waals surface area contributed by atoms with Crippen molar-refractivity contribution in [2.24, 2.45) is 0 Å². The molecule has 2 aromatic rings. The van der Waals surface area contributed by atoms with Crippen LogP contribution in [0.4, 0.5) is 4.79 Å². The maximum Gasteiger partial charge on any atom is 0.317 e. The highest BCUT2D eigenvalue weighted by atomic mass is 32.1. The summed E-state index contributed by atoms with van der Waals surface area (Å²) in [5, 5.41) is 13.0. The predicted molar refractivity (Wildman–Crippen MR) is 93.8 cm³/mol. The molecule has 6 nitrogen and oxygen atoms in total. The van der Waals surface area contributed by atoms with Gasteiger partial charge < -0.3 is 15.0 Å². The number of nitrogens with zero attached hydrogens (tertiary/aromatic N) is 3. The van der Waals surface area contributed by atoms with Crippen molar-refractivity contribution in [1.82, 2.24) is 20.4 Å². The molecule has 24 heavy (non-hydrogen) atoms. The van der Waals surface area contributed by atoms with Crippen molar-refractivity contribution in [3.05, 3.63) is 35.3 Å². The van der Waals surface area contributed by atoms with Gasteiger partial charge in [0.1, 0.15) is 10.0 Å². The van der Waals surface area contributed by atoms with Crippen LogP contribution in [0.25, 0.3) is 10.6 Å². The summed E-state index contributed by atoms with van der Waals surface area (Å²) in [4.78, 5) is 14.2. The molecule has 1 aliphatic heterocycles. The van der Waals surface area contributed by atoms with Gasteiger partial charge in [0.15, 0.2) is 0 Å². The highest BCUT2D eigenvalue weighted by Gasteiger charge is 2.27. The van der Waals surface area contributed by atoms with E-state index in [9.17, 15) is 4.79 Å². The second kappa shape index (κ2) is 7.72. The van der Waals surface area contributed by atoms with Crippen LogP contribution in [0.3, 0.4) is 0 Å². The van der Waals surface area contributed by atoms with Crippen LogP contribution in [0, 0.1) is 0 Å². The Morgan fingerprint density at radius 1 is 1.33 bits per heavy atom. The quantitative estimate of drug-likeness (QED) is 0.924. The van der Waals surface area contributed by atoms with Crippen molar-refractivity contribution in [3.63, 3.8) is 0 Å². The first-order valence-corrected chi connectivity index (χ1v) is 9.03. The number of hydrogen-bond acceptors (Lipinski definition) is 5. The van der Waals surface area contributed by atoms with Crippen LogP contribution in [-0.2, 0) is 11.3 Å². The molecule has 0 unspecified atom stereocenters. The lowest BCUT2D eigenvalue weighted by Crippen LogP contribution is -2.52. The van der Waals surface area contributed by atoms with E-state index in [0.717, 1.165) is 22.0 Å². The summed E-state index contributed by atoms with van der Waals surface area (Å²) >= 11 is 1.50. The minimum atomic E-state index is -0.0694. The van der Waals surface area contributed by atoms with Crippen LogP contribution in [0.1, 0.15) is 25.3 Å². The second-order valence-electron chi connectivity index (χ2n) is 5.91. The van der Waals surface area contributed by atoms with Crippen LogP contribution in [0.15, 0.2) is 30.3 Å². The zero-order chi connectivity index (χ0) is 16.9. The molecule has 1 N–H and O–H groups in total. The van der Waals surface area contributed by atoms with Crippen molar-refractivity contribution >= 4 is 17.4 Å². The number of ether oxygens (including phenoxy) is 1. The number of aromatic nitrogens is 2. The molecule has 0 bridgehead atoms. The van der Waals surface area contributed by atoms with E-state index in [1.165, 1.54) is 11.3 Å². The molecule has 1 fully saturated rings. The first kappa shape index (κ1) is 16.9. The molecule has 0 saturated carbocycles. The van der Waals surface area contributed by atoms with Crippen LogP contribution in [0.5, 0.6) is 0 Å². The molecule has 7 heteroatoms. The molecule has 2 amide bonds. The summed E-state index contributed by atoms with van der Waals surface area (Å²) in [5.41, 5.74) is 1.04. The first-order valence-electron chi connectivity index (χ1n) is 8.21. The van der Waals surface area contributed by atoms with Gasteiger partial charge in [-0.15, -0.1) is 10.2 Å². The van der Waals surface area contributed by atoms with Gasteiger partial charge >= 0.3 is 6.03 Å². The summed E-state index contributed by atoms with van der Waals surface area (Å²) in [6.07, 6.45) is 1.09. The average molecular weight is 346 g/mol. The predicted octanol–water partition coefficient (Wildman–Crippen LogP) is 2.91. The van der Waals surface area contributed by atoms with Gasteiger partial charge in [-0.3, -0.25) is 0 Å². The third-order valence-corrected chi connectivity index (χ3v) is 4.92. The van der Waals surface area contributed by atoms with E-state index in [0.29, 0.717) is 19.6 Å². The minimum Gasteiger partial charge on any atom is -0.372 e. The lowest BCUT2D eigenvalue weighted by Gasteiger charge is -2.36. The maximum atomic E-state index is 12.4. The SMILES string of the molecule is CC[C@@H]1CN(C(=O)NCc2nnc(-c3ccccc3)s2)C[C@@H](C)O1. The maximum absolute atomic E-state index is 12.4. The Labute approximate surface area is 145 Å². The molecule has 1 aromatic carbocycles. The monoisotopic (exact) mass is 346 g/mol. The Bertz CT molecular complexity index is 676. The lowest BCUT2D eigenvalue weighted by atomic mass is 10.2. The molecule has 0 spiro atoms. The number of morpholine rings is 1. The van der Waals surface area contributed by atoms with E-state index in [2.05, 4.69) is 22.4 Å². The second-order valence-corrected chi connectivity index (χ2v) is 6.97. The van der Waals surface area contributed by atoms with Crippen LogP contribution >= 0.6 is 11.3 Å². The summed E-state index contributed by atoms with van der Waals surface area (Å²) in [6.45, 7) is 5.72. The number of benzene rings is 1. The Hall–Kier alpha value is -1.99. The fourth-order valence-electron chi connectivity index (χ4n) is 2.72. The topological polar surface area (TPSA) is 67.4 Å². The Kier molecular flexibility index (Phi) is 5.42. The number of urea groups is 1. The Morgan fingerprint density at radius 3 is 2.88 bits per heavy atom. The molecular formula is C17H22N4O2S. The van der Waals surface area contributed by atoms with Gasteiger partial charge in [0.2, 0.25) is 0 Å². The molecule has 3 rings (SSSR count). The highest BCUT2D eigenvalue weighted by molar-refractivity contribution is 7.14. The van der Waals surface area contributed by atoms with E-state index in [4.69, 9.17) is 4.74 Å². The van der Waals surface area contributed by atoms with Gasteiger partial charge in [0.05, 0.1) is 18.8 Å². The third-order valence-electron chi connectivity index (χ3n) is 3.95. The van der Waals surface area contributed by atoms with E-state index in [-0.39, 0.29) is 18.2 Å². The number of hydrogen-bond donors (Lipinski definition) is 1. The normalized spacial score (nSPS) is 20.8. The fourth-order valence-corrected chi connectivity index (χ4v) is 3.51. The van der Waals surface area contributed by atoms with E-state index < -0.39 is 0 Å². The summed E-state index contributed by atoms with van der Waals surface area (Å²) in [5.74, 6) is 0. The van der Waals surface area contributed by atoms with Gasteiger partial charge in [-0.25, -0.2) is 4.79 Å². The highest BCUT2D eigenvalue weighted by Crippen LogP contribution is 2.23. The number of nitrogens with one attached hydrogen (secondary N) is 1. The van der Waals surface area contributed by atoms with Gasteiger partial charge in [0, 0.05) is 18.7 Å². The number of amides is 2. The smallest absolute Gasteiger partial charge is 0.317 e. The van der Waals surface area contributed by atoms with Crippen LogP contribution in [-0.4, -0.2) is 46.4 Å². The molecule has 2 heterocycles. The summed E-state index contributed by atoms with van der Waals surface area (Å²) in [6, 6.07) is 9.86. The molecule has 128 valence electrons. The molecule has 0 radical (unpaired) electrons. The van der Waals surface area contributed by atoms with Gasteiger partial charge in [-0.1, -0.05) is 48.6 Å². The first-order chi connectivity index (χ1) is 11.7. The number of carbonyl (C=O) groups is 1. The van der Waals surface area contributed by atoms with Crippen molar-refractivity contribution in [2.45, 2.75) is 39.0 Å². The van der Waals surface area contributed by atoms with Crippen LogP contribution < -0.4 is 5.32 Å². The van der Waals surface area contributed by atoms with Gasteiger partial charge in [-0.2, -0.15) is 0 Å². The standard InChI is InChI=1S/C17H22N4O2S/c1-3-14-11-21(10-12(2)23-14)17(22)18-9-15-19-20-16(24-15)13-7-5-4-6-8-13/h4-8,12,14H,3,9-11H2,1-2H3,(H,18,22)/t12-,14-/m1/s1. The van der Waals surface area contributed by atoms with Gasteiger partial charge in [-0.05, 0) is 13.3 Å². The van der Waals surface area contributed by atoms with E-state index in [1.54, 1.807) is 0 Å². The Morgan fingerprint density at radius 2 is 2.12 bits per heavy atom. The molecule has 1 aliphatic rings. The van der Waals surface area contributed by atoms with Crippen molar-refractivity contribution < 1.29 is 9.53 Å². The molecular weight excluding hydrogens is 324 g/mol. The van der Waals surface area contributed by atoms with Gasteiger partial charge in [0.25, 0.3) is 0 Å².